The first-order chi connectivity index (χ1) is 9.58. The molecule has 0 aliphatic rings. The minimum Gasteiger partial charge on any atom is -0.478 e. The number of nitrogens with zero attached hydrogens (tertiary/aromatic N) is 1. The van der Waals surface area contributed by atoms with Crippen molar-refractivity contribution in [1.82, 2.24) is 0 Å². The van der Waals surface area contributed by atoms with Crippen molar-refractivity contribution in [3.05, 3.63) is 65.7 Å². The van der Waals surface area contributed by atoms with Gasteiger partial charge in [-0.1, -0.05) is 34.3 Å². The van der Waals surface area contributed by atoms with Gasteiger partial charge in [-0.05, 0) is 37.3 Å². The Morgan fingerprint density at radius 2 is 1.90 bits per heavy atom. The average molecular weight is 271 g/mol. The number of halogens is 1. The fourth-order valence-electron chi connectivity index (χ4n) is 1.85. The summed E-state index contributed by atoms with van der Waals surface area (Å²) in [6.07, 6.45) is 2.39. The molecule has 2 aromatic rings. The van der Waals surface area contributed by atoms with E-state index in [4.69, 9.17) is 5.11 Å². The summed E-state index contributed by atoms with van der Waals surface area (Å²) in [7, 11) is 0. The van der Waals surface area contributed by atoms with E-state index >= 15 is 0 Å². The summed E-state index contributed by atoms with van der Waals surface area (Å²) >= 11 is 0. The molecule has 2 aromatic carbocycles. The molecule has 0 aromatic heterocycles. The molecule has 4 heteroatoms. The topological polar surface area (TPSA) is 40.5 Å². The van der Waals surface area contributed by atoms with Crippen LogP contribution < -0.4 is 5.12 Å². The fraction of sp³-hybridized carbons (Fsp3) is 0.0625. The number of aliphatic carboxylic acids is 1. The van der Waals surface area contributed by atoms with Crippen LogP contribution in [0, 0.1) is 6.92 Å². The zero-order valence-corrected chi connectivity index (χ0v) is 11.0. The summed E-state index contributed by atoms with van der Waals surface area (Å²) in [5.74, 6) is -1.07. The SMILES string of the molecule is Cc1ccc(N(F)c2ccccc2)c(/C=C/C(=O)O)c1. The van der Waals surface area contributed by atoms with E-state index in [9.17, 15) is 9.28 Å². The minimum absolute atomic E-state index is 0.305. The summed E-state index contributed by atoms with van der Waals surface area (Å²) in [6.45, 7) is 1.87. The van der Waals surface area contributed by atoms with Gasteiger partial charge in [0, 0.05) is 11.6 Å². The van der Waals surface area contributed by atoms with Crippen molar-refractivity contribution >= 4 is 23.4 Å². The van der Waals surface area contributed by atoms with Crippen molar-refractivity contribution in [2.75, 3.05) is 5.12 Å². The second-order valence-electron chi connectivity index (χ2n) is 4.35. The molecule has 0 aliphatic carbocycles. The van der Waals surface area contributed by atoms with Crippen LogP contribution in [-0.4, -0.2) is 11.1 Å². The van der Waals surface area contributed by atoms with Gasteiger partial charge in [-0.3, -0.25) is 0 Å². The molecule has 0 saturated carbocycles. The van der Waals surface area contributed by atoms with Crippen LogP contribution in [0.4, 0.5) is 15.9 Å². The quantitative estimate of drug-likeness (QED) is 0.672. The highest BCUT2D eigenvalue weighted by molar-refractivity contribution is 5.87. The largest absolute Gasteiger partial charge is 0.478 e. The standard InChI is InChI=1S/C16H14FNO2/c1-12-7-9-15(13(11-12)8-10-16(19)20)18(17)14-5-3-2-4-6-14/h2-11H,1H3,(H,19,20)/b10-8+. The lowest BCUT2D eigenvalue weighted by Gasteiger charge is -2.16. The lowest BCUT2D eigenvalue weighted by atomic mass is 10.1. The lowest BCUT2D eigenvalue weighted by molar-refractivity contribution is -0.131. The lowest BCUT2D eigenvalue weighted by Crippen LogP contribution is -2.05. The van der Waals surface area contributed by atoms with E-state index in [1.165, 1.54) is 6.08 Å². The molecular weight excluding hydrogens is 257 g/mol. The van der Waals surface area contributed by atoms with Gasteiger partial charge in [0.05, 0.1) is 11.4 Å². The number of rotatable bonds is 4. The van der Waals surface area contributed by atoms with E-state index in [0.29, 0.717) is 22.1 Å². The van der Waals surface area contributed by atoms with Gasteiger partial charge in [0.2, 0.25) is 0 Å². The van der Waals surface area contributed by atoms with Crippen LogP contribution in [0.1, 0.15) is 11.1 Å². The Morgan fingerprint density at radius 1 is 1.20 bits per heavy atom. The highest BCUT2D eigenvalue weighted by Crippen LogP contribution is 2.30. The van der Waals surface area contributed by atoms with E-state index in [1.54, 1.807) is 48.5 Å². The van der Waals surface area contributed by atoms with Crippen molar-refractivity contribution in [2.45, 2.75) is 6.92 Å². The smallest absolute Gasteiger partial charge is 0.328 e. The first kappa shape index (κ1) is 13.8. The Morgan fingerprint density at radius 3 is 2.55 bits per heavy atom. The summed E-state index contributed by atoms with van der Waals surface area (Å²) in [6, 6.07) is 13.7. The summed E-state index contributed by atoms with van der Waals surface area (Å²) in [5, 5.41) is 9.24. The highest BCUT2D eigenvalue weighted by Gasteiger charge is 2.11. The third-order valence-corrected chi connectivity index (χ3v) is 2.78. The van der Waals surface area contributed by atoms with Gasteiger partial charge < -0.3 is 5.11 Å². The molecule has 0 saturated heterocycles. The van der Waals surface area contributed by atoms with Crippen LogP contribution in [0.3, 0.4) is 0 Å². The van der Waals surface area contributed by atoms with E-state index in [2.05, 4.69) is 0 Å². The monoisotopic (exact) mass is 271 g/mol. The van der Waals surface area contributed by atoms with E-state index < -0.39 is 5.97 Å². The number of carboxylic acid groups (broad SMARTS) is 1. The van der Waals surface area contributed by atoms with E-state index in [-0.39, 0.29) is 0 Å². The Labute approximate surface area is 116 Å². The molecule has 0 fully saturated rings. The van der Waals surface area contributed by atoms with Crippen LogP contribution in [-0.2, 0) is 4.79 Å². The fourth-order valence-corrected chi connectivity index (χ4v) is 1.85. The molecule has 0 atom stereocenters. The Bertz CT molecular complexity index is 638. The van der Waals surface area contributed by atoms with Gasteiger partial charge in [-0.25, -0.2) is 4.79 Å². The zero-order chi connectivity index (χ0) is 14.5. The maximum atomic E-state index is 14.4. The molecular formula is C16H14FNO2. The van der Waals surface area contributed by atoms with Crippen LogP contribution in [0.25, 0.3) is 6.08 Å². The highest BCUT2D eigenvalue weighted by atomic mass is 19.2. The van der Waals surface area contributed by atoms with Crippen molar-refractivity contribution in [3.8, 4) is 0 Å². The molecule has 0 amide bonds. The molecule has 0 spiro atoms. The number of hydrogen-bond acceptors (Lipinski definition) is 2. The van der Waals surface area contributed by atoms with Crippen molar-refractivity contribution < 1.29 is 14.4 Å². The van der Waals surface area contributed by atoms with Gasteiger partial charge in [0.1, 0.15) is 0 Å². The predicted molar refractivity (Wildman–Crippen MR) is 77.5 cm³/mol. The molecule has 1 N–H and O–H groups in total. The second-order valence-corrected chi connectivity index (χ2v) is 4.35. The molecule has 3 nitrogen and oxygen atoms in total. The number of carbonyl (C=O) groups is 1. The molecule has 0 radical (unpaired) electrons. The Kier molecular flexibility index (Phi) is 4.15. The van der Waals surface area contributed by atoms with Crippen molar-refractivity contribution in [3.63, 3.8) is 0 Å². The maximum absolute atomic E-state index is 14.4. The molecule has 20 heavy (non-hydrogen) atoms. The van der Waals surface area contributed by atoms with Gasteiger partial charge in [0.15, 0.2) is 0 Å². The van der Waals surface area contributed by atoms with Gasteiger partial charge in [0.25, 0.3) is 0 Å². The third kappa shape index (κ3) is 3.23. The number of anilines is 2. The first-order valence-electron chi connectivity index (χ1n) is 6.10. The van der Waals surface area contributed by atoms with Crippen molar-refractivity contribution in [2.24, 2.45) is 0 Å². The Hall–Kier alpha value is -2.62. The summed E-state index contributed by atoms with van der Waals surface area (Å²) < 4.78 is 14.4. The molecule has 2 rings (SSSR count). The minimum atomic E-state index is -1.07. The summed E-state index contributed by atoms with van der Waals surface area (Å²) in [5.41, 5.74) is 2.14. The van der Waals surface area contributed by atoms with Crippen molar-refractivity contribution in [1.29, 1.82) is 0 Å². The van der Waals surface area contributed by atoms with Crippen LogP contribution in [0.5, 0.6) is 0 Å². The molecule has 0 unspecified atom stereocenters. The Balaban J connectivity index is 2.43. The van der Waals surface area contributed by atoms with Gasteiger partial charge in [-0.2, -0.15) is 5.12 Å². The molecule has 0 aliphatic heterocycles. The average Bonchev–Trinajstić information content (AvgIpc) is 2.45. The third-order valence-electron chi connectivity index (χ3n) is 2.78. The molecule has 0 bridgehead atoms. The number of hydrogen-bond donors (Lipinski definition) is 1. The second kappa shape index (κ2) is 6.02. The van der Waals surface area contributed by atoms with Crippen LogP contribution >= 0.6 is 0 Å². The number of benzene rings is 2. The normalized spacial score (nSPS) is 10.7. The van der Waals surface area contributed by atoms with Crippen LogP contribution in [0.15, 0.2) is 54.6 Å². The summed E-state index contributed by atoms with van der Waals surface area (Å²) in [4.78, 5) is 10.6. The van der Waals surface area contributed by atoms with Crippen LogP contribution in [0.2, 0.25) is 0 Å². The maximum Gasteiger partial charge on any atom is 0.328 e. The van der Waals surface area contributed by atoms with E-state index in [1.807, 2.05) is 6.92 Å². The van der Waals surface area contributed by atoms with Gasteiger partial charge >= 0.3 is 5.97 Å². The number of carboxylic acids is 1. The molecule has 0 heterocycles. The van der Waals surface area contributed by atoms with E-state index in [0.717, 1.165) is 11.6 Å². The zero-order valence-electron chi connectivity index (χ0n) is 11.0. The molecule has 102 valence electrons. The number of para-hydroxylation sites is 1. The predicted octanol–water partition coefficient (Wildman–Crippen LogP) is 4.12. The number of aryl methyl sites for hydroxylation is 1. The van der Waals surface area contributed by atoms with Gasteiger partial charge in [-0.15, -0.1) is 0 Å². The first-order valence-corrected chi connectivity index (χ1v) is 6.10.